The molecule has 1 N–H and O–H groups in total. The van der Waals surface area contributed by atoms with E-state index in [0.29, 0.717) is 12.3 Å². The maximum absolute atomic E-state index is 11.7. The number of carbonyl (C=O) groups excluding carboxylic acids is 1. The largest absolute Gasteiger partial charge is 0.489 e. The van der Waals surface area contributed by atoms with Crippen molar-refractivity contribution < 1.29 is 14.4 Å². The fourth-order valence-corrected chi connectivity index (χ4v) is 1.91. The summed E-state index contributed by atoms with van der Waals surface area (Å²) in [6.45, 7) is 2.35. The molecule has 0 spiro atoms. The van der Waals surface area contributed by atoms with Crippen LogP contribution in [0, 0.1) is 6.92 Å². The van der Waals surface area contributed by atoms with Gasteiger partial charge in [0.15, 0.2) is 0 Å². The number of nitrogens with one attached hydrogen (secondary N) is 1. The molecule has 2 aromatic carbocycles. The van der Waals surface area contributed by atoms with Crippen molar-refractivity contribution in [3.05, 3.63) is 59.7 Å². The van der Waals surface area contributed by atoms with Crippen molar-refractivity contribution >= 4 is 17.8 Å². The Bertz CT molecular complexity index is 668. The van der Waals surface area contributed by atoms with Gasteiger partial charge in [-0.15, -0.1) is 0 Å². The molecule has 0 aliphatic carbocycles. The Hall–Kier alpha value is -2.82. The molecule has 2 aromatic rings. The molecule has 0 saturated carbocycles. The molecule has 0 aliphatic heterocycles. The number of nitrogens with zero attached hydrogens (tertiary/aromatic N) is 1. The summed E-state index contributed by atoms with van der Waals surface area (Å²) in [6, 6.07) is 15.3. The number of amides is 1. The Morgan fingerprint density at radius 1 is 1.18 bits per heavy atom. The summed E-state index contributed by atoms with van der Waals surface area (Å²) < 4.78 is 5.82. The first-order valence-corrected chi connectivity index (χ1v) is 6.84. The number of para-hydroxylation sites is 2. The van der Waals surface area contributed by atoms with E-state index in [9.17, 15) is 4.79 Å². The summed E-state index contributed by atoms with van der Waals surface area (Å²) in [5, 5.41) is 6.18. The second kappa shape index (κ2) is 7.83. The van der Waals surface area contributed by atoms with Gasteiger partial charge in [0.2, 0.25) is 0 Å². The molecular weight excluding hydrogens is 280 g/mol. The molecule has 0 heterocycles. The van der Waals surface area contributed by atoms with Crippen LogP contribution < -0.4 is 10.1 Å². The summed E-state index contributed by atoms with van der Waals surface area (Å²) in [4.78, 5) is 16.2. The van der Waals surface area contributed by atoms with Crippen LogP contribution in [-0.2, 0) is 16.2 Å². The highest BCUT2D eigenvalue weighted by molar-refractivity contribution is 6.31. The van der Waals surface area contributed by atoms with Gasteiger partial charge in [0.05, 0.1) is 0 Å². The zero-order valence-corrected chi connectivity index (χ0v) is 12.6. The van der Waals surface area contributed by atoms with Crippen LogP contribution in [0.25, 0.3) is 0 Å². The van der Waals surface area contributed by atoms with E-state index < -0.39 is 0 Å². The van der Waals surface area contributed by atoms with Gasteiger partial charge in [0.25, 0.3) is 5.91 Å². The molecule has 0 radical (unpaired) electrons. The predicted molar refractivity (Wildman–Crippen MR) is 86.1 cm³/mol. The zero-order valence-electron chi connectivity index (χ0n) is 12.6. The molecule has 5 nitrogen and oxygen atoms in total. The third kappa shape index (κ3) is 4.34. The molecule has 114 valence electrons. The van der Waals surface area contributed by atoms with E-state index in [1.165, 1.54) is 7.11 Å². The van der Waals surface area contributed by atoms with Crippen molar-refractivity contribution in [2.45, 2.75) is 13.5 Å². The second-order valence-electron chi connectivity index (χ2n) is 4.62. The van der Waals surface area contributed by atoms with Crippen LogP contribution in [0.15, 0.2) is 53.7 Å². The summed E-state index contributed by atoms with van der Waals surface area (Å²) in [5.41, 5.74) is 2.63. The normalized spacial score (nSPS) is 10.5. The lowest BCUT2D eigenvalue weighted by atomic mass is 10.2. The van der Waals surface area contributed by atoms with Gasteiger partial charge < -0.3 is 14.9 Å². The molecular formula is C17H18N2O3. The number of ether oxygens (including phenoxy) is 1. The van der Waals surface area contributed by atoms with Crippen molar-refractivity contribution in [1.29, 1.82) is 0 Å². The van der Waals surface area contributed by atoms with Crippen LogP contribution in [0.5, 0.6) is 5.75 Å². The SMILES string of the molecule is CON=CC(=O)Nc1ccccc1COc1ccccc1C. The Balaban J connectivity index is 2.07. The van der Waals surface area contributed by atoms with Gasteiger partial charge in [0, 0.05) is 11.3 Å². The van der Waals surface area contributed by atoms with Gasteiger partial charge in [-0.2, -0.15) is 0 Å². The second-order valence-corrected chi connectivity index (χ2v) is 4.62. The van der Waals surface area contributed by atoms with E-state index in [1.54, 1.807) is 0 Å². The first-order chi connectivity index (χ1) is 10.7. The molecule has 2 rings (SSSR count). The summed E-state index contributed by atoms with van der Waals surface area (Å²) in [6.07, 6.45) is 1.08. The minimum absolute atomic E-state index is 0.356. The molecule has 0 unspecified atom stereocenters. The third-order valence-electron chi connectivity index (χ3n) is 3.03. The van der Waals surface area contributed by atoms with Crippen LogP contribution in [0.3, 0.4) is 0 Å². The first-order valence-electron chi connectivity index (χ1n) is 6.84. The van der Waals surface area contributed by atoms with Gasteiger partial charge in [-0.25, -0.2) is 0 Å². The Morgan fingerprint density at radius 2 is 1.91 bits per heavy atom. The first kappa shape index (κ1) is 15.6. The lowest BCUT2D eigenvalue weighted by Crippen LogP contribution is -2.14. The average Bonchev–Trinajstić information content (AvgIpc) is 2.53. The van der Waals surface area contributed by atoms with E-state index >= 15 is 0 Å². The summed E-state index contributed by atoms with van der Waals surface area (Å²) >= 11 is 0. The minimum Gasteiger partial charge on any atom is -0.489 e. The van der Waals surface area contributed by atoms with Crippen molar-refractivity contribution in [2.75, 3.05) is 12.4 Å². The zero-order chi connectivity index (χ0) is 15.8. The van der Waals surface area contributed by atoms with E-state index in [2.05, 4.69) is 15.3 Å². The molecule has 22 heavy (non-hydrogen) atoms. The van der Waals surface area contributed by atoms with Crippen molar-refractivity contribution in [2.24, 2.45) is 5.16 Å². The van der Waals surface area contributed by atoms with Crippen molar-refractivity contribution in [1.82, 2.24) is 0 Å². The fraction of sp³-hybridized carbons (Fsp3) is 0.176. The van der Waals surface area contributed by atoms with Gasteiger partial charge >= 0.3 is 0 Å². The van der Waals surface area contributed by atoms with Crippen LogP contribution in [0.2, 0.25) is 0 Å². The van der Waals surface area contributed by atoms with E-state index in [1.807, 2.05) is 55.5 Å². The Kier molecular flexibility index (Phi) is 5.54. The van der Waals surface area contributed by atoms with Crippen LogP contribution in [0.4, 0.5) is 5.69 Å². The molecule has 0 fully saturated rings. The molecule has 0 atom stereocenters. The Morgan fingerprint density at radius 3 is 2.68 bits per heavy atom. The van der Waals surface area contributed by atoms with Crippen molar-refractivity contribution in [3.63, 3.8) is 0 Å². The highest BCUT2D eigenvalue weighted by atomic mass is 16.6. The maximum Gasteiger partial charge on any atom is 0.270 e. The smallest absolute Gasteiger partial charge is 0.270 e. The lowest BCUT2D eigenvalue weighted by molar-refractivity contribution is -0.110. The fourth-order valence-electron chi connectivity index (χ4n) is 1.91. The number of benzene rings is 2. The van der Waals surface area contributed by atoms with Gasteiger partial charge in [0.1, 0.15) is 25.7 Å². The monoisotopic (exact) mass is 298 g/mol. The topological polar surface area (TPSA) is 59.9 Å². The molecule has 0 aromatic heterocycles. The third-order valence-corrected chi connectivity index (χ3v) is 3.03. The summed E-state index contributed by atoms with van der Waals surface area (Å²) in [7, 11) is 1.38. The number of anilines is 1. The van der Waals surface area contributed by atoms with E-state index in [4.69, 9.17) is 4.74 Å². The van der Waals surface area contributed by atoms with Gasteiger partial charge in [-0.3, -0.25) is 4.79 Å². The van der Waals surface area contributed by atoms with Crippen LogP contribution in [-0.4, -0.2) is 19.2 Å². The predicted octanol–water partition coefficient (Wildman–Crippen LogP) is 3.14. The average molecular weight is 298 g/mol. The molecule has 0 saturated heterocycles. The molecule has 5 heteroatoms. The molecule has 0 aliphatic rings. The number of oxime groups is 1. The highest BCUT2D eigenvalue weighted by Gasteiger charge is 2.06. The van der Waals surface area contributed by atoms with Crippen molar-refractivity contribution in [3.8, 4) is 5.75 Å². The van der Waals surface area contributed by atoms with E-state index in [0.717, 1.165) is 23.1 Å². The van der Waals surface area contributed by atoms with Crippen LogP contribution in [0.1, 0.15) is 11.1 Å². The lowest BCUT2D eigenvalue weighted by Gasteiger charge is -2.12. The summed E-state index contributed by atoms with van der Waals surface area (Å²) in [5.74, 6) is 0.467. The highest BCUT2D eigenvalue weighted by Crippen LogP contribution is 2.21. The van der Waals surface area contributed by atoms with Crippen LogP contribution >= 0.6 is 0 Å². The molecule has 1 amide bonds. The number of hydrogen-bond donors (Lipinski definition) is 1. The number of hydrogen-bond acceptors (Lipinski definition) is 4. The minimum atomic E-state index is -0.356. The van der Waals surface area contributed by atoms with Gasteiger partial charge in [-0.1, -0.05) is 41.6 Å². The Labute approximate surface area is 129 Å². The van der Waals surface area contributed by atoms with E-state index in [-0.39, 0.29) is 5.91 Å². The standard InChI is InChI=1S/C17H18N2O3/c1-13-7-3-6-10-16(13)22-12-14-8-4-5-9-15(14)19-17(20)11-18-21-2/h3-11H,12H2,1-2H3,(H,19,20). The quantitative estimate of drug-likeness (QED) is 0.658. The number of carbonyl (C=O) groups is 1. The van der Waals surface area contributed by atoms with Gasteiger partial charge in [-0.05, 0) is 24.6 Å². The number of rotatable bonds is 6. The maximum atomic E-state index is 11.7. The number of aryl methyl sites for hydroxylation is 1. The molecule has 0 bridgehead atoms.